The first-order valence-electron chi connectivity index (χ1n) is 12.3. The van der Waals surface area contributed by atoms with Gasteiger partial charge in [-0.05, 0) is 68.9 Å². The number of hydrogen-bond donors (Lipinski definition) is 1. The summed E-state index contributed by atoms with van der Waals surface area (Å²) in [7, 11) is 0. The van der Waals surface area contributed by atoms with E-state index in [1.165, 1.54) is 16.2 Å². The molecule has 1 N–H and O–H groups in total. The smallest absolute Gasteiger partial charge is 0.341 e. The van der Waals surface area contributed by atoms with Gasteiger partial charge in [-0.15, -0.1) is 11.3 Å². The molecule has 0 aliphatic heterocycles. The summed E-state index contributed by atoms with van der Waals surface area (Å²) in [6.07, 6.45) is 4.99. The van der Waals surface area contributed by atoms with Crippen LogP contribution in [0, 0.1) is 6.92 Å². The number of anilines is 1. The fourth-order valence-corrected chi connectivity index (χ4v) is 6.39. The number of aryl methyl sites for hydroxylation is 1. The van der Waals surface area contributed by atoms with Gasteiger partial charge in [0, 0.05) is 20.8 Å². The molecule has 0 atom stereocenters. The molecule has 2 aromatic carbocycles. The van der Waals surface area contributed by atoms with E-state index in [1.807, 2.05) is 55.5 Å². The molecule has 0 radical (unpaired) electrons. The van der Waals surface area contributed by atoms with Gasteiger partial charge in [0.25, 0.3) is 5.91 Å². The Labute approximate surface area is 219 Å². The Morgan fingerprint density at radius 2 is 1.86 bits per heavy atom. The van der Waals surface area contributed by atoms with Crippen molar-refractivity contribution in [2.75, 3.05) is 11.9 Å². The summed E-state index contributed by atoms with van der Waals surface area (Å²) in [6.45, 7) is 3.99. The number of carbonyl (C=O) groups is 2. The third-order valence-electron chi connectivity index (χ3n) is 6.59. The molecule has 4 aromatic rings. The van der Waals surface area contributed by atoms with Crippen LogP contribution < -0.4 is 5.32 Å². The maximum absolute atomic E-state index is 13.9. The second kappa shape index (κ2) is 10.4. The zero-order chi connectivity index (χ0) is 25.2. The van der Waals surface area contributed by atoms with Crippen LogP contribution in [-0.2, 0) is 17.6 Å². The van der Waals surface area contributed by atoms with Crippen molar-refractivity contribution in [2.24, 2.45) is 0 Å². The normalized spacial score (nSPS) is 13.2. The molecular weight excluding hydrogens is 492 g/mol. The van der Waals surface area contributed by atoms with Crippen LogP contribution in [0.5, 0.6) is 0 Å². The van der Waals surface area contributed by atoms with Crippen molar-refractivity contribution in [1.82, 2.24) is 4.98 Å². The number of aromatic nitrogens is 1. The van der Waals surface area contributed by atoms with Crippen molar-refractivity contribution in [3.05, 3.63) is 80.7 Å². The van der Waals surface area contributed by atoms with Gasteiger partial charge in [0.2, 0.25) is 0 Å². The van der Waals surface area contributed by atoms with E-state index in [9.17, 15) is 9.59 Å². The van der Waals surface area contributed by atoms with Crippen LogP contribution >= 0.6 is 22.9 Å². The van der Waals surface area contributed by atoms with E-state index in [-0.39, 0.29) is 18.5 Å². The molecular formula is C29H27ClN2O3S. The van der Waals surface area contributed by atoms with Gasteiger partial charge in [-0.1, -0.05) is 48.4 Å². The van der Waals surface area contributed by atoms with Crippen LogP contribution in [0.3, 0.4) is 0 Å². The third kappa shape index (κ3) is 4.63. The van der Waals surface area contributed by atoms with E-state index in [1.54, 1.807) is 6.92 Å². The Kier molecular flexibility index (Phi) is 7.08. The van der Waals surface area contributed by atoms with E-state index in [2.05, 4.69) is 5.32 Å². The number of thiophene rings is 1. The molecule has 1 aliphatic carbocycles. The number of pyridine rings is 1. The Bertz CT molecular complexity index is 1480. The Morgan fingerprint density at radius 1 is 1.06 bits per heavy atom. The summed E-state index contributed by atoms with van der Waals surface area (Å²) < 4.78 is 5.40. The van der Waals surface area contributed by atoms with Crippen molar-refractivity contribution in [1.29, 1.82) is 0 Å². The molecule has 2 heterocycles. The van der Waals surface area contributed by atoms with Gasteiger partial charge in [-0.3, -0.25) is 4.79 Å². The number of halogens is 1. The second-order valence-corrected chi connectivity index (χ2v) is 10.5. The molecule has 36 heavy (non-hydrogen) atoms. The molecule has 0 saturated carbocycles. The molecule has 0 spiro atoms. The molecule has 5 rings (SSSR count). The van der Waals surface area contributed by atoms with E-state index in [0.29, 0.717) is 26.8 Å². The number of fused-ring (bicyclic) bond motifs is 2. The van der Waals surface area contributed by atoms with E-state index in [0.717, 1.165) is 59.7 Å². The van der Waals surface area contributed by atoms with Crippen molar-refractivity contribution in [2.45, 2.75) is 46.0 Å². The summed E-state index contributed by atoms with van der Waals surface area (Å²) in [4.78, 5) is 32.9. The first-order valence-corrected chi connectivity index (χ1v) is 13.5. The predicted octanol–water partition coefficient (Wildman–Crippen LogP) is 7.62. The number of ether oxygens (including phenoxy) is 1. The highest BCUT2D eigenvalue weighted by atomic mass is 35.5. The lowest BCUT2D eigenvalue weighted by Crippen LogP contribution is -2.17. The van der Waals surface area contributed by atoms with Crippen LogP contribution in [0.4, 0.5) is 5.00 Å². The van der Waals surface area contributed by atoms with Gasteiger partial charge in [0.15, 0.2) is 0 Å². The van der Waals surface area contributed by atoms with Gasteiger partial charge < -0.3 is 10.1 Å². The largest absolute Gasteiger partial charge is 0.462 e. The maximum atomic E-state index is 13.9. The van der Waals surface area contributed by atoms with Crippen molar-refractivity contribution < 1.29 is 14.3 Å². The minimum absolute atomic E-state index is 0.267. The summed E-state index contributed by atoms with van der Waals surface area (Å²) in [5.41, 5.74) is 5.10. The first-order chi connectivity index (χ1) is 17.5. The monoisotopic (exact) mass is 518 g/mol. The van der Waals surface area contributed by atoms with E-state index < -0.39 is 0 Å². The number of para-hydroxylation sites is 1. The molecule has 0 unspecified atom stereocenters. The molecule has 1 aliphatic rings. The topological polar surface area (TPSA) is 68.3 Å². The Balaban J connectivity index is 1.62. The number of benzene rings is 2. The molecule has 2 aromatic heterocycles. The summed E-state index contributed by atoms with van der Waals surface area (Å²) in [5.74, 6) is -0.639. The maximum Gasteiger partial charge on any atom is 0.341 e. The quantitative estimate of drug-likeness (QED) is 0.218. The van der Waals surface area contributed by atoms with Crippen molar-refractivity contribution in [3.8, 4) is 11.3 Å². The number of rotatable bonds is 5. The number of hydrogen-bond acceptors (Lipinski definition) is 5. The van der Waals surface area contributed by atoms with Crippen LogP contribution in [0.2, 0.25) is 5.02 Å². The van der Waals surface area contributed by atoms with E-state index >= 15 is 0 Å². The molecule has 5 nitrogen and oxygen atoms in total. The Morgan fingerprint density at radius 3 is 2.67 bits per heavy atom. The number of amides is 1. The van der Waals surface area contributed by atoms with E-state index in [4.69, 9.17) is 21.3 Å². The highest BCUT2D eigenvalue weighted by Crippen LogP contribution is 2.39. The van der Waals surface area contributed by atoms with Crippen LogP contribution in [0.25, 0.3) is 22.2 Å². The molecule has 0 fully saturated rings. The van der Waals surface area contributed by atoms with Gasteiger partial charge in [-0.25, -0.2) is 9.78 Å². The number of nitrogens with one attached hydrogen (secondary N) is 1. The lowest BCUT2D eigenvalue weighted by molar-refractivity contribution is 0.0527. The van der Waals surface area contributed by atoms with Crippen LogP contribution in [0.1, 0.15) is 62.9 Å². The minimum Gasteiger partial charge on any atom is -0.462 e. The third-order valence-corrected chi connectivity index (χ3v) is 8.03. The van der Waals surface area contributed by atoms with Crippen molar-refractivity contribution in [3.63, 3.8) is 0 Å². The molecule has 0 bridgehead atoms. The molecule has 0 saturated heterocycles. The average molecular weight is 519 g/mol. The first kappa shape index (κ1) is 24.5. The van der Waals surface area contributed by atoms with Gasteiger partial charge in [-0.2, -0.15) is 0 Å². The van der Waals surface area contributed by atoms with Crippen molar-refractivity contribution >= 4 is 50.7 Å². The molecule has 184 valence electrons. The average Bonchev–Trinajstić information content (AvgIpc) is 3.03. The highest BCUT2D eigenvalue weighted by Gasteiger charge is 2.28. The van der Waals surface area contributed by atoms with Gasteiger partial charge >= 0.3 is 5.97 Å². The number of carbonyl (C=O) groups excluding carboxylic acids is 2. The standard InChI is InChI=1S/C29H27ClN2O3S/c1-3-35-29(34)25-21-13-5-4-6-15-23(21)36-28(25)32-27(33)24-17(2)26(18-10-9-11-19(30)16-18)31-22-14-8-7-12-20(22)24/h7-12,14,16H,3-6,13,15H2,1-2H3,(H,32,33). The fraction of sp³-hybridized carbons (Fsp3) is 0.276. The lowest BCUT2D eigenvalue weighted by atomic mass is 9.97. The Hall–Kier alpha value is -3.22. The highest BCUT2D eigenvalue weighted by molar-refractivity contribution is 7.17. The van der Waals surface area contributed by atoms with Crippen LogP contribution in [-0.4, -0.2) is 23.5 Å². The zero-order valence-electron chi connectivity index (χ0n) is 20.3. The number of nitrogens with zero attached hydrogens (tertiary/aromatic N) is 1. The zero-order valence-corrected chi connectivity index (χ0v) is 21.9. The number of esters is 1. The minimum atomic E-state index is -0.372. The summed E-state index contributed by atoms with van der Waals surface area (Å²) in [5, 5.41) is 5.02. The molecule has 7 heteroatoms. The predicted molar refractivity (Wildman–Crippen MR) is 146 cm³/mol. The van der Waals surface area contributed by atoms with Crippen LogP contribution in [0.15, 0.2) is 48.5 Å². The van der Waals surface area contributed by atoms with Gasteiger partial charge in [0.05, 0.1) is 28.9 Å². The SMILES string of the molecule is CCOC(=O)c1c(NC(=O)c2c(C)c(-c3cccc(Cl)c3)nc3ccccc23)sc2c1CCCCC2. The lowest BCUT2D eigenvalue weighted by Gasteiger charge is -2.15. The van der Waals surface area contributed by atoms with Gasteiger partial charge in [0.1, 0.15) is 5.00 Å². The second-order valence-electron chi connectivity index (χ2n) is 8.93. The molecule has 1 amide bonds. The summed E-state index contributed by atoms with van der Waals surface area (Å²) in [6, 6.07) is 15.1. The fourth-order valence-electron chi connectivity index (χ4n) is 4.93. The summed E-state index contributed by atoms with van der Waals surface area (Å²) >= 11 is 7.76.